The molecule has 82 heavy (non-hydrogen) atoms. The van der Waals surface area contributed by atoms with Crippen LogP contribution in [0.15, 0.2) is 126 Å². The molecular weight excluding hydrogens is 1110 g/mol. The van der Waals surface area contributed by atoms with Gasteiger partial charge >= 0.3 is 24.7 Å². The molecule has 24 heteroatoms. The fourth-order valence-electron chi connectivity index (χ4n) is 9.01. The lowest BCUT2D eigenvalue weighted by Gasteiger charge is -2.19. The van der Waals surface area contributed by atoms with Crippen LogP contribution in [0.3, 0.4) is 0 Å². The maximum atomic E-state index is 13.1. The Morgan fingerprint density at radius 3 is 1.26 bits per heavy atom. The van der Waals surface area contributed by atoms with Gasteiger partial charge in [-0.3, -0.25) is 28.8 Å². The van der Waals surface area contributed by atoms with Crippen molar-refractivity contribution in [1.82, 2.24) is 16.0 Å². The summed E-state index contributed by atoms with van der Waals surface area (Å²) < 4.78 is 170. The number of fused-ring (bicyclic) bond motifs is 1. The van der Waals surface area contributed by atoms with Gasteiger partial charge in [-0.1, -0.05) is 32.1 Å². The molecule has 9 rings (SSSR count). The Morgan fingerprint density at radius 2 is 0.902 bits per heavy atom. The van der Waals surface area contributed by atoms with E-state index in [0.717, 1.165) is 74.2 Å². The quantitative estimate of drug-likeness (QED) is 0.0991. The van der Waals surface area contributed by atoms with Gasteiger partial charge in [0, 0.05) is 61.0 Å². The van der Waals surface area contributed by atoms with Gasteiger partial charge in [-0.25, -0.2) is 0 Å². The zero-order chi connectivity index (χ0) is 60.0. The molecule has 6 aliphatic carbocycles. The lowest BCUT2D eigenvalue weighted by Crippen LogP contribution is -2.25. The first kappa shape index (κ1) is 61.7. The topological polar surface area (TPSA) is 166 Å². The maximum absolute atomic E-state index is 13.1. The Kier molecular flexibility index (Phi) is 18.9. The Balaban J connectivity index is 0.000000177. The lowest BCUT2D eigenvalue weighted by atomic mass is 10.1. The van der Waals surface area contributed by atoms with Gasteiger partial charge in [-0.15, -0.1) is 0 Å². The van der Waals surface area contributed by atoms with Gasteiger partial charge in [0.1, 0.15) is 17.2 Å². The highest BCUT2D eigenvalue weighted by atomic mass is 19.4. The average Bonchev–Trinajstić information content (AvgIpc) is 4.32. The molecule has 3 aromatic carbocycles. The Morgan fingerprint density at radius 1 is 0.537 bits per heavy atom. The third kappa shape index (κ3) is 17.8. The summed E-state index contributed by atoms with van der Waals surface area (Å²) >= 11 is 0. The minimum absolute atomic E-state index is 0.00576. The first-order chi connectivity index (χ1) is 38.3. The van der Waals surface area contributed by atoms with E-state index >= 15 is 0 Å². The second kappa shape index (κ2) is 25.1. The monoisotopic (exact) mass is 1160 g/mol. The van der Waals surface area contributed by atoms with E-state index in [9.17, 15) is 81.5 Å². The molecule has 0 saturated heterocycles. The summed E-state index contributed by atoms with van der Waals surface area (Å²) in [6.45, 7) is 3.83. The molecule has 3 N–H and O–H groups in total. The number of hydrogen-bond donors (Lipinski definition) is 3. The van der Waals surface area contributed by atoms with E-state index in [2.05, 4.69) is 29.8 Å². The van der Waals surface area contributed by atoms with Gasteiger partial charge in [0.2, 0.25) is 0 Å². The van der Waals surface area contributed by atoms with E-state index in [1.54, 1.807) is 24.3 Å². The van der Waals surface area contributed by atoms with E-state index in [1.165, 1.54) is 24.3 Å². The summed E-state index contributed by atoms with van der Waals surface area (Å²) in [7, 11) is 0. The van der Waals surface area contributed by atoms with Crippen molar-refractivity contribution in [1.29, 1.82) is 0 Å². The van der Waals surface area contributed by atoms with Gasteiger partial charge in [-0.05, 0) is 128 Å². The second-order valence-electron chi connectivity index (χ2n) is 20.7. The third-order valence-corrected chi connectivity index (χ3v) is 13.7. The minimum Gasteiger partial charge on any atom is -0.493 e. The number of nitrogens with one attached hydrogen (secondary N) is 3. The maximum Gasteiger partial charge on any atom is 0.416 e. The van der Waals surface area contributed by atoms with Gasteiger partial charge < -0.3 is 30.2 Å². The van der Waals surface area contributed by atoms with Crippen LogP contribution < -0.4 is 30.2 Å². The van der Waals surface area contributed by atoms with Crippen LogP contribution in [-0.2, 0) is 32.9 Å². The van der Waals surface area contributed by atoms with Crippen LogP contribution >= 0.6 is 0 Å². The second-order valence-corrected chi connectivity index (χ2v) is 20.7. The van der Waals surface area contributed by atoms with Crippen molar-refractivity contribution < 1.29 is 95.7 Å². The average molecular weight is 1160 g/mol. The summed E-state index contributed by atoms with van der Waals surface area (Å²) in [5.74, 6) is -1.91. The molecule has 0 aliphatic heterocycles. The minimum atomic E-state index is -4.72. The number of halogens is 12. The molecule has 3 fully saturated rings. The summed E-state index contributed by atoms with van der Waals surface area (Å²) in [5.41, 5.74) is -2.28. The van der Waals surface area contributed by atoms with Crippen molar-refractivity contribution in [2.75, 3.05) is 13.2 Å². The van der Waals surface area contributed by atoms with E-state index in [4.69, 9.17) is 14.2 Å². The lowest BCUT2D eigenvalue weighted by molar-refractivity contribution is -0.138. The van der Waals surface area contributed by atoms with Gasteiger partial charge in [-0.2, -0.15) is 52.7 Å². The highest BCUT2D eigenvalue weighted by Gasteiger charge is 2.48. The van der Waals surface area contributed by atoms with Crippen molar-refractivity contribution in [2.24, 2.45) is 23.2 Å². The fourth-order valence-corrected chi connectivity index (χ4v) is 9.01. The zero-order valence-corrected chi connectivity index (χ0v) is 43.7. The van der Waals surface area contributed by atoms with E-state index in [0.29, 0.717) is 35.4 Å². The normalized spacial score (nSPS) is 20.6. The number of rotatable bonds is 15. The number of alkyl halides is 12. The summed E-state index contributed by atoms with van der Waals surface area (Å²) in [5, 5.41) is 7.45. The van der Waals surface area contributed by atoms with Crippen LogP contribution in [0.1, 0.15) is 119 Å². The standard InChI is InChI=1S/C20H18F3NO3.C20H20F3NO3.C18H15F6NO3/c21-20(22,23)13-4-5-17(19(26)24-14-2-1-3-15(25)10-14)18(9-13)27-16-7-11-6-12(11)8-16;1-19(2)10-13(19)11-27-17-8-12(20(21,22)23)6-7-16(17)18(26)24-14-4-3-5-15(25)9-14;19-17(20,21)7-2-8-28-15-9-11(18(22,23)24)5-6-14(15)16(27)25-12-3-1-4-13(26)10-12/h1-2,4-5,9-12,16H,3,6-8H2,(H,24,26);3-4,6-9,13H,5,10-11H2,1-2H3,(H,24,26);1,3,5-6,9-10H,2,4,7-8H2,(H,25,27)/t11-,12+,16?;;. The van der Waals surface area contributed by atoms with Gasteiger partial charge in [0.05, 0.1) is 52.7 Å². The van der Waals surface area contributed by atoms with Crippen LogP contribution in [0.25, 0.3) is 0 Å². The molecular formula is C58H53F12N3O9. The molecule has 0 bridgehead atoms. The number of ether oxygens (including phenoxy) is 3. The molecule has 438 valence electrons. The molecule has 2 unspecified atom stereocenters. The molecule has 0 heterocycles. The van der Waals surface area contributed by atoms with E-state index in [1.807, 2.05) is 0 Å². The highest BCUT2D eigenvalue weighted by Crippen LogP contribution is 2.53. The van der Waals surface area contributed by atoms with Gasteiger partial charge in [0.25, 0.3) is 17.7 Å². The number of allylic oxidation sites excluding steroid dienone is 9. The Labute approximate surface area is 461 Å². The van der Waals surface area contributed by atoms with Crippen LogP contribution in [0.4, 0.5) is 52.7 Å². The predicted octanol–water partition coefficient (Wildman–Crippen LogP) is 12.9. The number of carbonyl (C=O) groups is 6. The van der Waals surface area contributed by atoms with Crippen molar-refractivity contribution in [3.05, 3.63) is 160 Å². The number of benzene rings is 3. The van der Waals surface area contributed by atoms with Crippen LogP contribution in [-0.4, -0.2) is 60.6 Å². The first-order valence-corrected chi connectivity index (χ1v) is 25.6. The molecule has 3 amide bonds. The molecule has 0 aromatic heterocycles. The van der Waals surface area contributed by atoms with Crippen LogP contribution in [0, 0.1) is 23.2 Å². The Hall–Kier alpha value is -7.92. The summed E-state index contributed by atoms with van der Waals surface area (Å²) in [4.78, 5) is 71.7. The van der Waals surface area contributed by atoms with Gasteiger partial charge in [0.15, 0.2) is 17.3 Å². The van der Waals surface area contributed by atoms with E-state index in [-0.39, 0.29) is 94.5 Å². The molecule has 3 saturated carbocycles. The Bertz CT molecular complexity index is 3150. The number of ketones is 3. The number of hydrogen-bond acceptors (Lipinski definition) is 9. The molecule has 0 radical (unpaired) electrons. The van der Waals surface area contributed by atoms with Crippen LogP contribution in [0.5, 0.6) is 17.2 Å². The SMILES string of the molecule is CC1(C)CC1COc1cc(C(F)(F)F)ccc1C(=O)NC1=CC(=O)CC=C1.O=C1C=C(NC(=O)c2ccc(C(F)(F)F)cc2OC2C[C@@H]3C[C@@H]3C2)C=CC1.O=C1C=C(NC(=O)c2ccc(C(F)(F)F)cc2OCCCC(F)(F)F)C=CC1. The predicted molar refractivity (Wildman–Crippen MR) is 271 cm³/mol. The largest absolute Gasteiger partial charge is 0.493 e. The molecule has 12 nitrogen and oxygen atoms in total. The summed E-state index contributed by atoms with van der Waals surface area (Å²) in [6, 6.07) is 7.75. The molecule has 3 aromatic rings. The van der Waals surface area contributed by atoms with E-state index < -0.39 is 84.3 Å². The smallest absolute Gasteiger partial charge is 0.416 e. The summed E-state index contributed by atoms with van der Waals surface area (Å²) in [6.07, 6.45) is -2.56. The fraction of sp³-hybridized carbons (Fsp3) is 0.379. The molecule has 4 atom stereocenters. The first-order valence-electron chi connectivity index (χ1n) is 25.6. The number of carbonyl (C=O) groups excluding carboxylic acids is 6. The zero-order valence-electron chi connectivity index (χ0n) is 43.7. The van der Waals surface area contributed by atoms with Crippen molar-refractivity contribution in [3.8, 4) is 17.2 Å². The van der Waals surface area contributed by atoms with Crippen molar-refractivity contribution >= 4 is 35.1 Å². The number of amides is 3. The highest BCUT2D eigenvalue weighted by molar-refractivity contribution is 6.02. The van der Waals surface area contributed by atoms with Crippen molar-refractivity contribution in [2.45, 2.75) is 102 Å². The van der Waals surface area contributed by atoms with Crippen molar-refractivity contribution in [3.63, 3.8) is 0 Å². The van der Waals surface area contributed by atoms with Crippen LogP contribution in [0.2, 0.25) is 0 Å². The molecule has 0 spiro atoms. The third-order valence-electron chi connectivity index (χ3n) is 13.7. The molecule has 6 aliphatic rings.